The van der Waals surface area contributed by atoms with Gasteiger partial charge in [0.15, 0.2) is 5.16 Å². The first-order chi connectivity index (χ1) is 12.8. The number of aromatic amines is 1. The van der Waals surface area contributed by atoms with E-state index < -0.39 is 29.3 Å². The van der Waals surface area contributed by atoms with Crippen LogP contribution in [0.15, 0.2) is 34.2 Å². The number of methoxy groups -OCH3 is 2. The van der Waals surface area contributed by atoms with Gasteiger partial charge >= 0.3 is 11.9 Å². The van der Waals surface area contributed by atoms with Gasteiger partial charge in [-0.3, -0.25) is 9.59 Å². The molecule has 0 fully saturated rings. The van der Waals surface area contributed by atoms with Crippen LogP contribution in [-0.2, 0) is 14.3 Å². The van der Waals surface area contributed by atoms with Gasteiger partial charge in [-0.25, -0.2) is 9.59 Å². The van der Waals surface area contributed by atoms with E-state index in [2.05, 4.69) is 24.8 Å². The van der Waals surface area contributed by atoms with E-state index in [1.54, 1.807) is 0 Å². The van der Waals surface area contributed by atoms with Crippen molar-refractivity contribution in [3.8, 4) is 5.88 Å². The number of hydrogen-bond acceptors (Lipinski definition) is 9. The zero-order valence-electron chi connectivity index (χ0n) is 14.3. The van der Waals surface area contributed by atoms with Gasteiger partial charge in [0.25, 0.3) is 5.56 Å². The Morgan fingerprint density at radius 1 is 1.11 bits per heavy atom. The van der Waals surface area contributed by atoms with E-state index in [9.17, 15) is 24.3 Å². The topological polar surface area (TPSA) is 148 Å². The third-order valence-corrected chi connectivity index (χ3v) is 3.98. The van der Waals surface area contributed by atoms with E-state index in [0.717, 1.165) is 17.8 Å². The summed E-state index contributed by atoms with van der Waals surface area (Å²) in [5.41, 5.74) is -0.259. The van der Waals surface area contributed by atoms with Crippen molar-refractivity contribution in [2.24, 2.45) is 0 Å². The van der Waals surface area contributed by atoms with Gasteiger partial charge < -0.3 is 24.9 Å². The highest BCUT2D eigenvalue weighted by atomic mass is 32.2. The first-order valence-corrected chi connectivity index (χ1v) is 8.35. The summed E-state index contributed by atoms with van der Waals surface area (Å²) >= 11 is 0.884. The van der Waals surface area contributed by atoms with Crippen LogP contribution in [-0.4, -0.2) is 52.9 Å². The number of benzene rings is 1. The van der Waals surface area contributed by atoms with Gasteiger partial charge in [0.05, 0.1) is 37.2 Å². The van der Waals surface area contributed by atoms with E-state index in [1.165, 1.54) is 32.4 Å². The van der Waals surface area contributed by atoms with Gasteiger partial charge in [-0.1, -0.05) is 11.8 Å². The molecule has 0 radical (unpaired) electrons. The number of nitrogens with zero attached hydrogens (tertiary/aromatic N) is 1. The molecule has 0 aliphatic rings. The quantitative estimate of drug-likeness (QED) is 0.368. The maximum Gasteiger partial charge on any atom is 0.337 e. The molecule has 0 unspecified atom stereocenters. The fourth-order valence-electron chi connectivity index (χ4n) is 1.99. The fourth-order valence-corrected chi connectivity index (χ4v) is 2.66. The molecule has 142 valence electrons. The van der Waals surface area contributed by atoms with Crippen LogP contribution in [0, 0.1) is 0 Å². The number of anilines is 1. The van der Waals surface area contributed by atoms with Crippen LogP contribution in [0.2, 0.25) is 0 Å². The summed E-state index contributed by atoms with van der Waals surface area (Å²) < 4.78 is 9.24. The van der Waals surface area contributed by atoms with E-state index in [-0.39, 0.29) is 27.7 Å². The second kappa shape index (κ2) is 8.85. The molecule has 27 heavy (non-hydrogen) atoms. The van der Waals surface area contributed by atoms with E-state index >= 15 is 0 Å². The molecular formula is C16H15N3O7S. The lowest BCUT2D eigenvalue weighted by Crippen LogP contribution is -2.16. The second-order valence-electron chi connectivity index (χ2n) is 5.03. The Labute approximate surface area is 156 Å². The number of esters is 2. The Kier molecular flexibility index (Phi) is 6.55. The summed E-state index contributed by atoms with van der Waals surface area (Å²) in [5, 5.41) is 11.9. The average molecular weight is 393 g/mol. The minimum atomic E-state index is -0.688. The van der Waals surface area contributed by atoms with E-state index in [1.807, 2.05) is 0 Å². The summed E-state index contributed by atoms with van der Waals surface area (Å²) in [6, 6.07) is 4.87. The maximum atomic E-state index is 12.1. The van der Waals surface area contributed by atoms with Gasteiger partial charge in [0, 0.05) is 5.69 Å². The van der Waals surface area contributed by atoms with E-state index in [4.69, 9.17) is 0 Å². The molecule has 1 amide bonds. The molecule has 1 aromatic carbocycles. The number of thioether (sulfide) groups is 1. The third kappa shape index (κ3) is 5.57. The first-order valence-electron chi connectivity index (χ1n) is 7.37. The average Bonchev–Trinajstić information content (AvgIpc) is 2.64. The third-order valence-electron chi connectivity index (χ3n) is 3.11. The zero-order chi connectivity index (χ0) is 20.0. The molecule has 0 spiro atoms. The number of ether oxygens (including phenoxy) is 2. The Bertz CT molecular complexity index is 908. The second-order valence-corrected chi connectivity index (χ2v) is 5.99. The Hall–Kier alpha value is -3.34. The minimum Gasteiger partial charge on any atom is -0.493 e. The van der Waals surface area contributed by atoms with Crippen molar-refractivity contribution in [1.82, 2.24) is 9.97 Å². The van der Waals surface area contributed by atoms with Crippen LogP contribution in [0.4, 0.5) is 5.69 Å². The van der Waals surface area contributed by atoms with Crippen molar-refractivity contribution in [2.45, 2.75) is 5.16 Å². The Balaban J connectivity index is 2.14. The number of rotatable bonds is 6. The molecule has 1 aromatic heterocycles. The summed E-state index contributed by atoms with van der Waals surface area (Å²) in [6.07, 6.45) is 0. The molecule has 2 rings (SSSR count). The van der Waals surface area contributed by atoms with Crippen LogP contribution in [0.25, 0.3) is 0 Å². The lowest BCUT2D eigenvalue weighted by Gasteiger charge is -2.09. The number of H-pyrrole nitrogens is 1. The van der Waals surface area contributed by atoms with Crippen LogP contribution in [0.5, 0.6) is 5.88 Å². The molecule has 10 nitrogen and oxygen atoms in total. The number of aromatic nitrogens is 2. The van der Waals surface area contributed by atoms with Crippen molar-refractivity contribution in [2.75, 3.05) is 25.3 Å². The number of carbonyl (C=O) groups is 3. The van der Waals surface area contributed by atoms with Crippen LogP contribution in [0.1, 0.15) is 20.7 Å². The number of nitrogens with one attached hydrogen (secondary N) is 2. The predicted octanol–water partition coefficient (Wildman–Crippen LogP) is 0.779. The molecule has 0 aliphatic carbocycles. The van der Waals surface area contributed by atoms with Crippen molar-refractivity contribution in [1.29, 1.82) is 0 Å². The Morgan fingerprint density at radius 3 is 2.22 bits per heavy atom. The highest BCUT2D eigenvalue weighted by Crippen LogP contribution is 2.18. The van der Waals surface area contributed by atoms with E-state index in [0.29, 0.717) is 0 Å². The summed E-state index contributed by atoms with van der Waals surface area (Å²) in [7, 11) is 2.37. The molecule has 0 bridgehead atoms. The van der Waals surface area contributed by atoms with Crippen molar-refractivity contribution < 1.29 is 29.0 Å². The molecule has 2 aromatic rings. The molecule has 0 atom stereocenters. The smallest absolute Gasteiger partial charge is 0.337 e. The normalized spacial score (nSPS) is 10.1. The number of amides is 1. The molecule has 11 heteroatoms. The Morgan fingerprint density at radius 2 is 1.70 bits per heavy atom. The predicted molar refractivity (Wildman–Crippen MR) is 95.0 cm³/mol. The monoisotopic (exact) mass is 393 g/mol. The summed E-state index contributed by atoms with van der Waals surface area (Å²) in [6.45, 7) is 0. The van der Waals surface area contributed by atoms with Crippen molar-refractivity contribution in [3.05, 3.63) is 45.7 Å². The minimum absolute atomic E-state index is 0.0577. The molecule has 0 aliphatic heterocycles. The lowest BCUT2D eigenvalue weighted by molar-refractivity contribution is -0.113. The molecular weight excluding hydrogens is 378 g/mol. The highest BCUT2D eigenvalue weighted by molar-refractivity contribution is 7.99. The van der Waals surface area contributed by atoms with Crippen LogP contribution in [0.3, 0.4) is 0 Å². The molecule has 0 saturated carbocycles. The highest BCUT2D eigenvalue weighted by Gasteiger charge is 2.15. The summed E-state index contributed by atoms with van der Waals surface area (Å²) in [4.78, 5) is 52.9. The SMILES string of the molecule is COC(=O)c1cc(NC(=O)CSc2nc(O)cc(=O)[nH]2)cc(C(=O)OC)c1. The summed E-state index contributed by atoms with van der Waals surface area (Å²) in [5.74, 6) is -2.49. The van der Waals surface area contributed by atoms with Crippen molar-refractivity contribution in [3.63, 3.8) is 0 Å². The van der Waals surface area contributed by atoms with Gasteiger partial charge in [0.1, 0.15) is 0 Å². The fraction of sp³-hybridized carbons (Fsp3) is 0.188. The van der Waals surface area contributed by atoms with Crippen LogP contribution >= 0.6 is 11.8 Å². The molecule has 1 heterocycles. The van der Waals surface area contributed by atoms with Crippen molar-refractivity contribution >= 4 is 35.3 Å². The number of aromatic hydroxyl groups is 1. The van der Waals surface area contributed by atoms with Gasteiger partial charge in [-0.05, 0) is 18.2 Å². The van der Waals surface area contributed by atoms with Gasteiger partial charge in [-0.2, -0.15) is 4.98 Å². The van der Waals surface area contributed by atoms with Gasteiger partial charge in [-0.15, -0.1) is 0 Å². The maximum absolute atomic E-state index is 12.1. The lowest BCUT2D eigenvalue weighted by atomic mass is 10.1. The molecule has 0 saturated heterocycles. The van der Waals surface area contributed by atoms with Crippen LogP contribution < -0.4 is 10.9 Å². The number of hydrogen-bond donors (Lipinski definition) is 3. The number of carbonyl (C=O) groups excluding carboxylic acids is 3. The molecule has 3 N–H and O–H groups in total. The zero-order valence-corrected chi connectivity index (χ0v) is 15.1. The van der Waals surface area contributed by atoms with Gasteiger partial charge in [0.2, 0.25) is 11.8 Å². The first kappa shape index (κ1) is 20.0. The standard InChI is InChI=1S/C16H15N3O7S/c1-25-14(23)8-3-9(15(24)26-2)5-10(4-8)17-13(22)7-27-16-18-11(20)6-12(21)19-16/h3-6H,7H2,1-2H3,(H,17,22)(H2,18,19,20,21). The largest absolute Gasteiger partial charge is 0.493 e.